The first kappa shape index (κ1) is 15.0. The van der Waals surface area contributed by atoms with Crippen molar-refractivity contribution < 1.29 is 9.84 Å². The number of halogens is 2. The lowest BCUT2D eigenvalue weighted by Gasteiger charge is -2.15. The van der Waals surface area contributed by atoms with Crippen molar-refractivity contribution in [3.05, 3.63) is 26.6 Å². The average Bonchev–Trinajstić information content (AvgIpc) is 2.28. The number of benzene rings is 1. The third kappa shape index (κ3) is 4.60. The minimum atomic E-state index is 0.0315. The van der Waals surface area contributed by atoms with Crippen LogP contribution in [0.4, 0.5) is 0 Å². The van der Waals surface area contributed by atoms with E-state index >= 15 is 0 Å². The molecule has 0 heterocycles. The van der Waals surface area contributed by atoms with Gasteiger partial charge in [-0.15, -0.1) is 0 Å². The van der Waals surface area contributed by atoms with E-state index in [1.807, 2.05) is 12.1 Å². The second-order valence-corrected chi connectivity index (χ2v) is 5.96. The molecular formula is C13H18Br2O2. The summed E-state index contributed by atoms with van der Waals surface area (Å²) in [5.41, 5.74) is 0.859. The smallest absolute Gasteiger partial charge is 0.147 e. The van der Waals surface area contributed by atoms with Crippen LogP contribution in [0.3, 0.4) is 0 Å². The molecule has 1 N–H and O–H groups in total. The normalized spacial score (nSPS) is 12.5. The van der Waals surface area contributed by atoms with Crippen LogP contribution in [-0.2, 0) is 6.61 Å². The van der Waals surface area contributed by atoms with Crippen LogP contribution in [0.5, 0.6) is 5.75 Å². The zero-order valence-electron chi connectivity index (χ0n) is 10.2. The van der Waals surface area contributed by atoms with Gasteiger partial charge in [0.15, 0.2) is 0 Å². The van der Waals surface area contributed by atoms with Crippen molar-refractivity contribution in [2.75, 3.05) is 6.61 Å². The first-order valence-electron chi connectivity index (χ1n) is 5.80. The van der Waals surface area contributed by atoms with Crippen molar-refractivity contribution in [3.8, 4) is 5.75 Å². The van der Waals surface area contributed by atoms with E-state index in [-0.39, 0.29) is 6.61 Å². The van der Waals surface area contributed by atoms with E-state index in [4.69, 9.17) is 9.84 Å². The highest BCUT2D eigenvalue weighted by Crippen LogP contribution is 2.35. The van der Waals surface area contributed by atoms with Gasteiger partial charge in [0.2, 0.25) is 0 Å². The molecule has 1 rings (SSSR count). The minimum Gasteiger partial charge on any atom is -0.491 e. The summed E-state index contributed by atoms with van der Waals surface area (Å²) >= 11 is 6.92. The average molecular weight is 366 g/mol. The molecule has 0 fully saturated rings. The standard InChI is InChI=1S/C13H18Br2O2/c1-3-4-9(2)8-17-13-11(14)5-10(7-16)6-12(13)15/h5-6,9,16H,3-4,7-8H2,1-2H3. The highest BCUT2D eigenvalue weighted by Gasteiger charge is 2.10. The van der Waals surface area contributed by atoms with Crippen molar-refractivity contribution in [2.45, 2.75) is 33.3 Å². The molecule has 2 nitrogen and oxygen atoms in total. The molecule has 0 amide bonds. The van der Waals surface area contributed by atoms with Crippen LogP contribution in [0.2, 0.25) is 0 Å². The molecule has 0 aromatic heterocycles. The Kier molecular flexibility index (Phi) is 6.52. The quantitative estimate of drug-likeness (QED) is 0.803. The predicted molar refractivity (Wildman–Crippen MR) is 77.3 cm³/mol. The third-order valence-corrected chi connectivity index (χ3v) is 3.71. The van der Waals surface area contributed by atoms with Crippen LogP contribution in [0.1, 0.15) is 32.3 Å². The number of hydrogen-bond acceptors (Lipinski definition) is 2. The van der Waals surface area contributed by atoms with Crippen LogP contribution >= 0.6 is 31.9 Å². The molecule has 0 bridgehead atoms. The van der Waals surface area contributed by atoms with Gasteiger partial charge in [-0.1, -0.05) is 20.3 Å². The molecule has 0 aliphatic carbocycles. The van der Waals surface area contributed by atoms with E-state index in [0.29, 0.717) is 12.5 Å². The predicted octanol–water partition coefficient (Wildman–Crippen LogP) is 4.52. The summed E-state index contributed by atoms with van der Waals surface area (Å²) in [7, 11) is 0. The summed E-state index contributed by atoms with van der Waals surface area (Å²) in [6.07, 6.45) is 2.35. The summed E-state index contributed by atoms with van der Waals surface area (Å²) < 4.78 is 7.56. The Morgan fingerprint density at radius 2 is 1.88 bits per heavy atom. The Hall–Kier alpha value is -0.0600. The summed E-state index contributed by atoms with van der Waals surface area (Å²) in [5, 5.41) is 9.08. The maximum Gasteiger partial charge on any atom is 0.147 e. The fourth-order valence-electron chi connectivity index (χ4n) is 1.64. The van der Waals surface area contributed by atoms with Gasteiger partial charge < -0.3 is 9.84 Å². The second kappa shape index (κ2) is 7.39. The zero-order valence-corrected chi connectivity index (χ0v) is 13.3. The molecule has 1 atom stereocenters. The Balaban J connectivity index is 2.71. The third-order valence-electron chi connectivity index (χ3n) is 2.53. The molecule has 0 spiro atoms. The number of rotatable bonds is 6. The lowest BCUT2D eigenvalue weighted by molar-refractivity contribution is 0.248. The van der Waals surface area contributed by atoms with Crippen molar-refractivity contribution in [2.24, 2.45) is 5.92 Å². The first-order chi connectivity index (χ1) is 8.08. The zero-order chi connectivity index (χ0) is 12.8. The second-order valence-electron chi connectivity index (χ2n) is 4.25. The maximum absolute atomic E-state index is 9.08. The SMILES string of the molecule is CCCC(C)COc1c(Br)cc(CO)cc1Br. The van der Waals surface area contributed by atoms with Gasteiger partial charge in [-0.3, -0.25) is 0 Å². The van der Waals surface area contributed by atoms with Gasteiger partial charge in [0.05, 0.1) is 22.2 Å². The Morgan fingerprint density at radius 1 is 1.29 bits per heavy atom. The van der Waals surface area contributed by atoms with Crippen molar-refractivity contribution in [1.82, 2.24) is 0 Å². The van der Waals surface area contributed by atoms with Gasteiger partial charge in [-0.05, 0) is 61.9 Å². The van der Waals surface area contributed by atoms with E-state index in [1.54, 1.807) is 0 Å². The molecule has 1 unspecified atom stereocenters. The number of hydrogen-bond donors (Lipinski definition) is 1. The molecule has 0 aliphatic rings. The lowest BCUT2D eigenvalue weighted by Crippen LogP contribution is -2.09. The van der Waals surface area contributed by atoms with Crippen molar-refractivity contribution >= 4 is 31.9 Å². The van der Waals surface area contributed by atoms with Gasteiger partial charge in [0.1, 0.15) is 5.75 Å². The summed E-state index contributed by atoms with van der Waals surface area (Å²) in [6.45, 7) is 5.11. The van der Waals surface area contributed by atoms with Gasteiger partial charge in [0, 0.05) is 0 Å². The van der Waals surface area contributed by atoms with Crippen molar-refractivity contribution in [3.63, 3.8) is 0 Å². The fourth-order valence-corrected chi connectivity index (χ4v) is 3.15. The molecule has 1 aromatic carbocycles. The fraction of sp³-hybridized carbons (Fsp3) is 0.538. The summed E-state index contributed by atoms with van der Waals surface area (Å²) in [5.74, 6) is 1.36. The molecule has 0 radical (unpaired) electrons. The molecule has 17 heavy (non-hydrogen) atoms. The van der Waals surface area contributed by atoms with E-state index in [1.165, 1.54) is 12.8 Å². The topological polar surface area (TPSA) is 29.5 Å². The van der Waals surface area contributed by atoms with E-state index in [2.05, 4.69) is 45.7 Å². The minimum absolute atomic E-state index is 0.0315. The molecular weight excluding hydrogens is 348 g/mol. The number of aliphatic hydroxyl groups is 1. The Labute approximate surface area is 120 Å². The monoisotopic (exact) mass is 364 g/mol. The molecule has 1 aromatic rings. The number of ether oxygens (including phenoxy) is 1. The van der Waals surface area contributed by atoms with Crippen LogP contribution < -0.4 is 4.74 Å². The highest BCUT2D eigenvalue weighted by molar-refractivity contribution is 9.11. The maximum atomic E-state index is 9.08. The van der Waals surface area contributed by atoms with Gasteiger partial charge in [-0.25, -0.2) is 0 Å². The molecule has 0 aliphatic heterocycles. The van der Waals surface area contributed by atoms with Crippen LogP contribution in [0.25, 0.3) is 0 Å². The Morgan fingerprint density at radius 3 is 2.35 bits per heavy atom. The van der Waals surface area contributed by atoms with Crippen LogP contribution in [-0.4, -0.2) is 11.7 Å². The molecule has 0 saturated heterocycles. The van der Waals surface area contributed by atoms with Gasteiger partial charge >= 0.3 is 0 Å². The first-order valence-corrected chi connectivity index (χ1v) is 7.38. The molecule has 96 valence electrons. The van der Waals surface area contributed by atoms with Crippen molar-refractivity contribution in [1.29, 1.82) is 0 Å². The number of aliphatic hydroxyl groups excluding tert-OH is 1. The summed E-state index contributed by atoms with van der Waals surface area (Å²) in [6, 6.07) is 3.76. The molecule has 4 heteroatoms. The van der Waals surface area contributed by atoms with E-state index < -0.39 is 0 Å². The lowest BCUT2D eigenvalue weighted by atomic mass is 10.1. The van der Waals surface area contributed by atoms with Crippen LogP contribution in [0.15, 0.2) is 21.1 Å². The Bertz CT molecular complexity index is 343. The van der Waals surface area contributed by atoms with Crippen LogP contribution in [0, 0.1) is 5.92 Å². The van der Waals surface area contributed by atoms with Gasteiger partial charge in [-0.2, -0.15) is 0 Å². The highest BCUT2D eigenvalue weighted by atomic mass is 79.9. The van der Waals surface area contributed by atoms with Gasteiger partial charge in [0.25, 0.3) is 0 Å². The van der Waals surface area contributed by atoms with E-state index in [9.17, 15) is 0 Å². The summed E-state index contributed by atoms with van der Waals surface area (Å²) in [4.78, 5) is 0. The molecule has 0 saturated carbocycles. The van der Waals surface area contributed by atoms with E-state index in [0.717, 1.165) is 20.3 Å². The largest absolute Gasteiger partial charge is 0.491 e.